The average molecular weight is 191 g/mol. The number of fused-ring (bicyclic) bond motifs is 1. The summed E-state index contributed by atoms with van der Waals surface area (Å²) in [6.07, 6.45) is 1.81. The third-order valence-corrected chi connectivity index (χ3v) is 1.94. The van der Waals surface area contributed by atoms with Crippen LogP contribution in [0.3, 0.4) is 0 Å². The summed E-state index contributed by atoms with van der Waals surface area (Å²) in [5.74, 6) is 0. The summed E-state index contributed by atoms with van der Waals surface area (Å²) in [5, 5.41) is 4.21. The summed E-state index contributed by atoms with van der Waals surface area (Å²) < 4.78 is 1.95. The van der Waals surface area contributed by atoms with E-state index in [1.807, 2.05) is 37.7 Å². The molecule has 0 saturated heterocycles. The molecule has 0 radical (unpaired) electrons. The molecule has 3 nitrogen and oxygen atoms in total. The summed E-state index contributed by atoms with van der Waals surface area (Å²) in [6, 6.07) is 4.07. The standard InChI is InChI=1S/C9H11N3.C2H6/c1-3-12-9-5-4-7(2)11-8(9)6-10-12;1-2/h4-6H,3H2,1-2H3;1-2H3. The molecule has 0 fully saturated rings. The third kappa shape index (κ3) is 1.92. The van der Waals surface area contributed by atoms with Gasteiger partial charge in [-0.25, -0.2) is 4.98 Å². The van der Waals surface area contributed by atoms with Gasteiger partial charge in [0.2, 0.25) is 0 Å². The highest BCUT2D eigenvalue weighted by Crippen LogP contribution is 2.10. The maximum Gasteiger partial charge on any atom is 0.109 e. The highest BCUT2D eigenvalue weighted by Gasteiger charge is 2.00. The molecule has 0 atom stereocenters. The van der Waals surface area contributed by atoms with Crippen LogP contribution in [0.2, 0.25) is 0 Å². The lowest BCUT2D eigenvalue weighted by Crippen LogP contribution is -1.95. The van der Waals surface area contributed by atoms with Gasteiger partial charge in [0.1, 0.15) is 5.52 Å². The third-order valence-electron chi connectivity index (χ3n) is 1.94. The SMILES string of the molecule is CC.CCn1ncc2nc(C)ccc21. The molecule has 0 saturated carbocycles. The molecule has 2 aromatic rings. The van der Waals surface area contributed by atoms with Crippen molar-refractivity contribution < 1.29 is 0 Å². The molecule has 0 aromatic carbocycles. The molecule has 0 aliphatic carbocycles. The first kappa shape index (κ1) is 10.7. The average Bonchev–Trinajstić information content (AvgIpc) is 2.62. The second-order valence-electron chi connectivity index (χ2n) is 2.82. The van der Waals surface area contributed by atoms with E-state index in [1.54, 1.807) is 0 Å². The van der Waals surface area contributed by atoms with Crippen LogP contribution in [-0.2, 0) is 6.54 Å². The van der Waals surface area contributed by atoms with Crippen LogP contribution in [0.15, 0.2) is 18.3 Å². The fraction of sp³-hybridized carbons (Fsp3) is 0.455. The van der Waals surface area contributed by atoms with Gasteiger partial charge in [0.15, 0.2) is 0 Å². The Morgan fingerprint density at radius 3 is 2.64 bits per heavy atom. The van der Waals surface area contributed by atoms with Gasteiger partial charge in [-0.2, -0.15) is 5.10 Å². The number of nitrogens with zero attached hydrogens (tertiary/aromatic N) is 3. The zero-order valence-corrected chi connectivity index (χ0v) is 9.28. The van der Waals surface area contributed by atoms with Crippen LogP contribution < -0.4 is 0 Å². The molecule has 0 aliphatic heterocycles. The van der Waals surface area contributed by atoms with Gasteiger partial charge >= 0.3 is 0 Å². The number of aryl methyl sites for hydroxylation is 2. The van der Waals surface area contributed by atoms with Crippen LogP contribution in [0.1, 0.15) is 26.5 Å². The number of pyridine rings is 1. The van der Waals surface area contributed by atoms with Gasteiger partial charge in [0.25, 0.3) is 0 Å². The summed E-state index contributed by atoms with van der Waals surface area (Å²) in [5.41, 5.74) is 3.14. The van der Waals surface area contributed by atoms with Crippen molar-refractivity contribution in [3.8, 4) is 0 Å². The second kappa shape index (κ2) is 4.74. The largest absolute Gasteiger partial charge is 0.264 e. The van der Waals surface area contributed by atoms with Crippen molar-refractivity contribution in [3.63, 3.8) is 0 Å². The molecular weight excluding hydrogens is 174 g/mol. The summed E-state index contributed by atoms with van der Waals surface area (Å²) >= 11 is 0. The van der Waals surface area contributed by atoms with Gasteiger partial charge in [0, 0.05) is 12.2 Å². The van der Waals surface area contributed by atoms with E-state index in [0.717, 1.165) is 23.3 Å². The van der Waals surface area contributed by atoms with Crippen LogP contribution in [0.5, 0.6) is 0 Å². The zero-order valence-electron chi connectivity index (χ0n) is 9.28. The highest BCUT2D eigenvalue weighted by atomic mass is 15.3. The maximum absolute atomic E-state index is 4.36. The van der Waals surface area contributed by atoms with Crippen LogP contribution >= 0.6 is 0 Å². The van der Waals surface area contributed by atoms with Crippen molar-refractivity contribution in [2.75, 3.05) is 0 Å². The van der Waals surface area contributed by atoms with Gasteiger partial charge < -0.3 is 0 Å². The Labute approximate surface area is 84.8 Å². The lowest BCUT2D eigenvalue weighted by atomic mass is 10.3. The fourth-order valence-corrected chi connectivity index (χ4v) is 1.32. The number of aromatic nitrogens is 3. The lowest BCUT2D eigenvalue weighted by molar-refractivity contribution is 0.684. The van der Waals surface area contributed by atoms with Crippen molar-refractivity contribution >= 4 is 11.0 Å². The number of hydrogen-bond donors (Lipinski definition) is 0. The molecule has 0 bridgehead atoms. The van der Waals surface area contributed by atoms with E-state index in [0.29, 0.717) is 0 Å². The zero-order chi connectivity index (χ0) is 10.6. The number of hydrogen-bond acceptors (Lipinski definition) is 2. The molecule has 76 valence electrons. The molecule has 14 heavy (non-hydrogen) atoms. The molecule has 2 aromatic heterocycles. The molecule has 0 aliphatic rings. The highest BCUT2D eigenvalue weighted by molar-refractivity contribution is 5.73. The van der Waals surface area contributed by atoms with E-state index in [4.69, 9.17) is 0 Å². The van der Waals surface area contributed by atoms with Gasteiger partial charge in [-0.05, 0) is 26.0 Å². The Kier molecular flexibility index (Phi) is 3.63. The molecule has 0 unspecified atom stereocenters. The van der Waals surface area contributed by atoms with Crippen LogP contribution in [-0.4, -0.2) is 14.8 Å². The second-order valence-corrected chi connectivity index (χ2v) is 2.82. The van der Waals surface area contributed by atoms with E-state index in [-0.39, 0.29) is 0 Å². The number of rotatable bonds is 1. The predicted octanol–water partition coefficient (Wildman–Crippen LogP) is 2.79. The minimum absolute atomic E-state index is 0.897. The van der Waals surface area contributed by atoms with E-state index in [9.17, 15) is 0 Å². The smallest absolute Gasteiger partial charge is 0.109 e. The van der Waals surface area contributed by atoms with Crippen molar-refractivity contribution in [1.82, 2.24) is 14.8 Å². The summed E-state index contributed by atoms with van der Waals surface area (Å²) in [7, 11) is 0. The van der Waals surface area contributed by atoms with E-state index < -0.39 is 0 Å². The Hall–Kier alpha value is -1.38. The first-order valence-corrected chi connectivity index (χ1v) is 5.10. The maximum atomic E-state index is 4.36. The molecular formula is C11H17N3. The molecule has 2 heterocycles. The first-order chi connectivity index (χ1) is 6.81. The van der Waals surface area contributed by atoms with E-state index in [2.05, 4.69) is 23.1 Å². The molecule has 0 spiro atoms. The topological polar surface area (TPSA) is 30.7 Å². The minimum Gasteiger partial charge on any atom is -0.264 e. The van der Waals surface area contributed by atoms with Gasteiger partial charge in [-0.15, -0.1) is 0 Å². The normalized spacial score (nSPS) is 9.71. The fourth-order valence-electron chi connectivity index (χ4n) is 1.32. The molecule has 3 heteroatoms. The van der Waals surface area contributed by atoms with E-state index >= 15 is 0 Å². The van der Waals surface area contributed by atoms with Crippen LogP contribution in [0, 0.1) is 6.92 Å². The Bertz CT molecular complexity index is 404. The predicted molar refractivity (Wildman–Crippen MR) is 59.3 cm³/mol. The Balaban J connectivity index is 0.000000461. The van der Waals surface area contributed by atoms with Crippen molar-refractivity contribution in [1.29, 1.82) is 0 Å². The van der Waals surface area contributed by atoms with Crippen LogP contribution in [0.4, 0.5) is 0 Å². The molecule has 0 N–H and O–H groups in total. The molecule has 0 amide bonds. The first-order valence-electron chi connectivity index (χ1n) is 5.10. The van der Waals surface area contributed by atoms with Crippen molar-refractivity contribution in [2.45, 2.75) is 34.2 Å². The Morgan fingerprint density at radius 1 is 1.29 bits per heavy atom. The minimum atomic E-state index is 0.897. The lowest BCUT2D eigenvalue weighted by Gasteiger charge is -1.97. The quantitative estimate of drug-likeness (QED) is 0.694. The monoisotopic (exact) mass is 191 g/mol. The van der Waals surface area contributed by atoms with Crippen LogP contribution in [0.25, 0.3) is 11.0 Å². The van der Waals surface area contributed by atoms with Gasteiger partial charge in [-0.1, -0.05) is 13.8 Å². The van der Waals surface area contributed by atoms with E-state index in [1.165, 1.54) is 0 Å². The van der Waals surface area contributed by atoms with Crippen molar-refractivity contribution in [3.05, 3.63) is 24.0 Å². The summed E-state index contributed by atoms with van der Waals surface area (Å²) in [4.78, 5) is 4.36. The van der Waals surface area contributed by atoms with Crippen molar-refractivity contribution in [2.24, 2.45) is 0 Å². The van der Waals surface area contributed by atoms with Gasteiger partial charge in [-0.3, -0.25) is 4.68 Å². The summed E-state index contributed by atoms with van der Waals surface area (Å²) in [6.45, 7) is 8.96. The Morgan fingerprint density at radius 2 is 2.00 bits per heavy atom. The van der Waals surface area contributed by atoms with Gasteiger partial charge in [0.05, 0.1) is 11.7 Å². The molecule has 2 rings (SSSR count).